The zero-order valence-corrected chi connectivity index (χ0v) is 12.6. The van der Waals surface area contributed by atoms with Crippen LogP contribution in [0.5, 0.6) is 0 Å². The van der Waals surface area contributed by atoms with E-state index in [0.29, 0.717) is 18.8 Å². The topological polar surface area (TPSA) is 63.4 Å². The number of fused-ring (bicyclic) bond motifs is 1. The number of sulfonamides is 1. The maximum atomic E-state index is 12.5. The van der Waals surface area contributed by atoms with Gasteiger partial charge in [-0.1, -0.05) is 12.1 Å². The Kier molecular flexibility index (Phi) is 3.54. The highest BCUT2D eigenvalue weighted by molar-refractivity contribution is 7.88. The third-order valence-corrected chi connectivity index (χ3v) is 6.31. The molecular formula is C14H16N2O2S2. The number of benzene rings is 1. The van der Waals surface area contributed by atoms with Crippen molar-refractivity contribution in [1.29, 1.82) is 0 Å². The summed E-state index contributed by atoms with van der Waals surface area (Å²) in [5.41, 5.74) is 8.18. The molecule has 0 bridgehead atoms. The number of rotatable bonds is 3. The summed E-state index contributed by atoms with van der Waals surface area (Å²) in [6.07, 6.45) is 0.813. The minimum absolute atomic E-state index is 0.0345. The van der Waals surface area contributed by atoms with Gasteiger partial charge in [-0.05, 0) is 41.1 Å². The first-order valence-electron chi connectivity index (χ1n) is 6.42. The molecule has 6 heteroatoms. The van der Waals surface area contributed by atoms with Crippen molar-refractivity contribution in [3.63, 3.8) is 0 Å². The van der Waals surface area contributed by atoms with E-state index in [1.807, 2.05) is 11.4 Å². The van der Waals surface area contributed by atoms with Crippen molar-refractivity contribution in [1.82, 2.24) is 4.31 Å². The van der Waals surface area contributed by atoms with Gasteiger partial charge in [-0.25, -0.2) is 8.42 Å². The summed E-state index contributed by atoms with van der Waals surface area (Å²) in [7, 11) is -3.27. The molecule has 4 nitrogen and oxygen atoms in total. The molecule has 0 unspecified atom stereocenters. The number of thiophene rings is 1. The molecule has 0 saturated heterocycles. The highest BCUT2D eigenvalue weighted by Gasteiger charge is 2.27. The van der Waals surface area contributed by atoms with Crippen LogP contribution in [0.3, 0.4) is 0 Å². The van der Waals surface area contributed by atoms with Crippen LogP contribution >= 0.6 is 11.3 Å². The van der Waals surface area contributed by atoms with Gasteiger partial charge >= 0.3 is 0 Å². The Bertz CT molecular complexity index is 705. The lowest BCUT2D eigenvalue weighted by Gasteiger charge is -2.26. The minimum atomic E-state index is -3.27. The molecular weight excluding hydrogens is 292 g/mol. The van der Waals surface area contributed by atoms with Gasteiger partial charge < -0.3 is 5.73 Å². The van der Waals surface area contributed by atoms with Crippen molar-refractivity contribution in [3.8, 4) is 0 Å². The lowest BCUT2D eigenvalue weighted by atomic mass is 10.1. The van der Waals surface area contributed by atoms with Gasteiger partial charge in [0.2, 0.25) is 10.0 Å². The SMILES string of the molecule is Nc1ccc(CS(=O)(=O)N2CCc3sccc3C2)cc1. The van der Waals surface area contributed by atoms with Crippen molar-refractivity contribution >= 4 is 27.0 Å². The van der Waals surface area contributed by atoms with E-state index in [-0.39, 0.29) is 5.75 Å². The number of hydrogen-bond donors (Lipinski definition) is 1. The second-order valence-electron chi connectivity index (χ2n) is 4.95. The fraction of sp³-hybridized carbons (Fsp3) is 0.286. The van der Waals surface area contributed by atoms with Crippen LogP contribution in [-0.2, 0) is 28.7 Å². The Hall–Kier alpha value is -1.37. The predicted octanol–water partition coefficient (Wildman–Crippen LogP) is 2.22. The lowest BCUT2D eigenvalue weighted by molar-refractivity contribution is 0.393. The summed E-state index contributed by atoms with van der Waals surface area (Å²) in [6.45, 7) is 1.07. The lowest BCUT2D eigenvalue weighted by Crippen LogP contribution is -2.36. The molecule has 1 aliphatic heterocycles. The van der Waals surface area contributed by atoms with Crippen molar-refractivity contribution in [2.45, 2.75) is 18.7 Å². The first kappa shape index (κ1) is 13.6. The fourth-order valence-corrected chi connectivity index (χ4v) is 4.77. The maximum Gasteiger partial charge on any atom is 0.218 e. The first-order valence-corrected chi connectivity index (χ1v) is 8.91. The van der Waals surface area contributed by atoms with Crippen molar-refractivity contribution in [2.75, 3.05) is 12.3 Å². The van der Waals surface area contributed by atoms with E-state index in [1.165, 1.54) is 4.88 Å². The molecule has 0 spiro atoms. The highest BCUT2D eigenvalue weighted by Crippen LogP contribution is 2.26. The first-order chi connectivity index (χ1) is 9.54. The smallest absolute Gasteiger partial charge is 0.218 e. The van der Waals surface area contributed by atoms with Gasteiger partial charge in [-0.3, -0.25) is 0 Å². The van der Waals surface area contributed by atoms with Crippen LogP contribution in [0.1, 0.15) is 16.0 Å². The van der Waals surface area contributed by atoms with E-state index in [9.17, 15) is 8.42 Å². The summed E-state index contributed by atoms with van der Waals surface area (Å²) in [5, 5.41) is 2.03. The molecule has 3 rings (SSSR count). The molecule has 0 amide bonds. The molecule has 1 aromatic heterocycles. The van der Waals surface area contributed by atoms with Crippen molar-refractivity contribution < 1.29 is 8.42 Å². The molecule has 0 fully saturated rings. The van der Waals surface area contributed by atoms with Gasteiger partial charge in [-0.2, -0.15) is 4.31 Å². The number of nitrogen functional groups attached to an aromatic ring is 1. The summed E-state index contributed by atoms with van der Waals surface area (Å²) in [6, 6.07) is 9.03. The Morgan fingerprint density at radius 3 is 2.70 bits per heavy atom. The second-order valence-corrected chi connectivity index (χ2v) is 7.92. The summed E-state index contributed by atoms with van der Waals surface area (Å²) in [5.74, 6) is 0.0345. The second kappa shape index (κ2) is 5.20. The fourth-order valence-electron chi connectivity index (χ4n) is 2.38. The zero-order chi connectivity index (χ0) is 14.2. The molecule has 106 valence electrons. The Morgan fingerprint density at radius 2 is 1.95 bits per heavy atom. The molecule has 0 radical (unpaired) electrons. The molecule has 0 aliphatic carbocycles. The van der Waals surface area contributed by atoms with Gasteiger partial charge in [0.15, 0.2) is 0 Å². The molecule has 0 saturated carbocycles. The van der Waals surface area contributed by atoms with Gasteiger partial charge in [0.05, 0.1) is 5.75 Å². The maximum absolute atomic E-state index is 12.5. The Labute approximate surface area is 122 Å². The van der Waals surface area contributed by atoms with E-state index >= 15 is 0 Å². The van der Waals surface area contributed by atoms with Crippen LogP contribution in [0.4, 0.5) is 5.69 Å². The van der Waals surface area contributed by atoms with Crippen molar-refractivity contribution in [3.05, 3.63) is 51.7 Å². The molecule has 2 N–H and O–H groups in total. The van der Waals surface area contributed by atoms with E-state index < -0.39 is 10.0 Å². The van der Waals surface area contributed by atoms with Crippen LogP contribution < -0.4 is 5.73 Å². The molecule has 2 heterocycles. The number of nitrogens with two attached hydrogens (primary N) is 1. The van der Waals surface area contributed by atoms with Gasteiger partial charge in [0, 0.05) is 23.7 Å². The largest absolute Gasteiger partial charge is 0.399 e. The van der Waals surface area contributed by atoms with E-state index in [1.54, 1.807) is 39.9 Å². The van der Waals surface area contributed by atoms with Crippen LogP contribution in [-0.4, -0.2) is 19.3 Å². The summed E-state index contributed by atoms with van der Waals surface area (Å²) < 4.78 is 26.5. The molecule has 1 aromatic carbocycles. The average molecular weight is 308 g/mol. The molecule has 2 aromatic rings. The van der Waals surface area contributed by atoms with Crippen LogP contribution in [0.15, 0.2) is 35.7 Å². The molecule has 0 atom stereocenters. The molecule has 1 aliphatic rings. The molecule has 20 heavy (non-hydrogen) atoms. The van der Waals surface area contributed by atoms with Crippen LogP contribution in [0, 0.1) is 0 Å². The summed E-state index contributed by atoms with van der Waals surface area (Å²) in [4.78, 5) is 1.31. The van der Waals surface area contributed by atoms with Crippen molar-refractivity contribution in [2.24, 2.45) is 0 Å². The van der Waals surface area contributed by atoms with Crippen LogP contribution in [0.25, 0.3) is 0 Å². The third kappa shape index (κ3) is 2.72. The monoisotopic (exact) mass is 308 g/mol. The van der Waals surface area contributed by atoms with E-state index in [4.69, 9.17) is 5.73 Å². The normalized spacial score (nSPS) is 16.0. The quantitative estimate of drug-likeness (QED) is 0.884. The minimum Gasteiger partial charge on any atom is -0.399 e. The zero-order valence-electron chi connectivity index (χ0n) is 11.0. The van der Waals surface area contributed by atoms with Gasteiger partial charge in [0.25, 0.3) is 0 Å². The Morgan fingerprint density at radius 1 is 1.20 bits per heavy atom. The number of anilines is 1. The number of nitrogens with zero attached hydrogens (tertiary/aromatic N) is 1. The van der Waals surface area contributed by atoms with E-state index in [0.717, 1.165) is 17.5 Å². The predicted molar refractivity (Wildman–Crippen MR) is 81.9 cm³/mol. The standard InChI is InChI=1S/C14H16N2O2S2/c15-13-3-1-11(2-4-13)10-20(17,18)16-7-5-14-12(9-16)6-8-19-14/h1-4,6,8H,5,7,9-10,15H2. The van der Waals surface area contributed by atoms with Gasteiger partial charge in [-0.15, -0.1) is 11.3 Å². The van der Waals surface area contributed by atoms with Gasteiger partial charge in [0.1, 0.15) is 0 Å². The van der Waals surface area contributed by atoms with E-state index in [2.05, 4.69) is 0 Å². The van der Waals surface area contributed by atoms with Crippen LogP contribution in [0.2, 0.25) is 0 Å². The third-order valence-electron chi connectivity index (χ3n) is 3.49. The number of hydrogen-bond acceptors (Lipinski definition) is 4. The summed E-state index contributed by atoms with van der Waals surface area (Å²) >= 11 is 1.71. The Balaban J connectivity index is 1.77. The average Bonchev–Trinajstić information content (AvgIpc) is 2.88. The highest BCUT2D eigenvalue weighted by atomic mass is 32.2.